The van der Waals surface area contributed by atoms with Crippen LogP contribution in [0.25, 0.3) is 0 Å². The number of nitrogens with two attached hydrogens (primary N) is 1. The Morgan fingerprint density at radius 2 is 2.35 bits per heavy atom. The molecule has 1 saturated heterocycles. The normalized spacial score (nSPS) is 20.1. The van der Waals surface area contributed by atoms with Gasteiger partial charge in [-0.1, -0.05) is 11.6 Å². The molecule has 3 N–H and O–H groups in total. The van der Waals surface area contributed by atoms with Crippen LogP contribution in [0, 0.1) is 0 Å². The number of benzene rings is 1. The number of halogens is 1. The molecule has 20 heavy (non-hydrogen) atoms. The van der Waals surface area contributed by atoms with Gasteiger partial charge in [-0.2, -0.15) is 11.8 Å². The molecule has 0 aliphatic carbocycles. The van der Waals surface area contributed by atoms with E-state index in [1.54, 1.807) is 18.2 Å². The number of nitrogens with zero attached hydrogens (tertiary/aromatic N) is 1. The fraction of sp³-hybridized carbons (Fsp3) is 0.500. The lowest BCUT2D eigenvalue weighted by molar-refractivity contribution is -0.120. The van der Waals surface area contributed by atoms with Gasteiger partial charge in [0.05, 0.1) is 17.4 Å². The Morgan fingerprint density at radius 3 is 2.95 bits per heavy atom. The molecule has 1 aliphatic heterocycles. The van der Waals surface area contributed by atoms with Crippen LogP contribution in [0.5, 0.6) is 0 Å². The summed E-state index contributed by atoms with van der Waals surface area (Å²) in [6.07, 6.45) is 1.14. The van der Waals surface area contributed by atoms with Crippen LogP contribution < -0.4 is 11.1 Å². The summed E-state index contributed by atoms with van der Waals surface area (Å²) >= 11 is 7.79. The fourth-order valence-electron chi connectivity index (χ4n) is 2.23. The van der Waals surface area contributed by atoms with Crippen molar-refractivity contribution in [2.45, 2.75) is 25.4 Å². The summed E-state index contributed by atoms with van der Waals surface area (Å²) in [7, 11) is 2.01. The van der Waals surface area contributed by atoms with Crippen LogP contribution in [0.2, 0.25) is 5.02 Å². The van der Waals surface area contributed by atoms with Crippen molar-refractivity contribution in [1.29, 1.82) is 0 Å². The number of anilines is 2. The van der Waals surface area contributed by atoms with E-state index < -0.39 is 0 Å². The van der Waals surface area contributed by atoms with E-state index in [2.05, 4.69) is 10.2 Å². The predicted molar refractivity (Wildman–Crippen MR) is 87.4 cm³/mol. The molecule has 4 nitrogen and oxygen atoms in total. The topological polar surface area (TPSA) is 58.4 Å². The Kier molecular flexibility index (Phi) is 5.18. The molecule has 1 amide bonds. The minimum Gasteiger partial charge on any atom is -0.397 e. The van der Waals surface area contributed by atoms with Gasteiger partial charge in [-0.15, -0.1) is 0 Å². The van der Waals surface area contributed by atoms with E-state index in [1.807, 2.05) is 25.7 Å². The molecule has 2 rings (SSSR count). The number of carbonyl (C=O) groups excluding carboxylic acids is 1. The molecule has 0 spiro atoms. The highest BCUT2D eigenvalue weighted by molar-refractivity contribution is 7.99. The van der Waals surface area contributed by atoms with E-state index in [1.165, 1.54) is 5.75 Å². The zero-order valence-electron chi connectivity index (χ0n) is 11.7. The minimum absolute atomic E-state index is 0.0431. The molecule has 110 valence electrons. The molecule has 0 bridgehead atoms. The van der Waals surface area contributed by atoms with Gasteiger partial charge in [0.25, 0.3) is 0 Å². The first kappa shape index (κ1) is 15.5. The average molecular weight is 314 g/mol. The molecule has 0 aromatic heterocycles. The highest BCUT2D eigenvalue weighted by atomic mass is 35.5. The number of nitrogens with one attached hydrogen (secondary N) is 1. The quantitative estimate of drug-likeness (QED) is 0.839. The molecular weight excluding hydrogens is 294 g/mol. The van der Waals surface area contributed by atoms with Gasteiger partial charge < -0.3 is 11.1 Å². The lowest BCUT2D eigenvalue weighted by atomic mass is 10.1. The van der Waals surface area contributed by atoms with E-state index in [0.717, 1.165) is 12.2 Å². The van der Waals surface area contributed by atoms with Gasteiger partial charge >= 0.3 is 0 Å². The summed E-state index contributed by atoms with van der Waals surface area (Å²) in [5.74, 6) is 2.23. The first-order valence-electron chi connectivity index (χ1n) is 6.64. The van der Waals surface area contributed by atoms with E-state index in [-0.39, 0.29) is 11.9 Å². The second kappa shape index (κ2) is 6.70. The third kappa shape index (κ3) is 3.59. The van der Waals surface area contributed by atoms with Crippen LogP contribution in [-0.2, 0) is 4.79 Å². The number of hydrogen-bond acceptors (Lipinski definition) is 4. The maximum Gasteiger partial charge on any atom is 0.241 e. The second-order valence-electron chi connectivity index (χ2n) is 5.08. The summed E-state index contributed by atoms with van der Waals surface area (Å²) in [6.45, 7) is 1.92. The van der Waals surface area contributed by atoms with Crippen molar-refractivity contribution >= 4 is 40.6 Å². The van der Waals surface area contributed by atoms with Crippen LogP contribution >= 0.6 is 23.4 Å². The number of likely N-dealkylation sites (N-methyl/N-ethyl adjacent to an activating group) is 1. The molecule has 0 radical (unpaired) electrons. The predicted octanol–water partition coefficient (Wildman–Crippen LogP) is 2.69. The van der Waals surface area contributed by atoms with Gasteiger partial charge in [0.1, 0.15) is 0 Å². The van der Waals surface area contributed by atoms with Gasteiger partial charge in [0, 0.05) is 16.8 Å². The molecule has 6 heteroatoms. The van der Waals surface area contributed by atoms with Crippen LogP contribution in [0.4, 0.5) is 11.4 Å². The van der Waals surface area contributed by atoms with Gasteiger partial charge in [0.15, 0.2) is 0 Å². The SMILES string of the molecule is CC(C(=O)Nc1ccc(Cl)cc1N)N(C)C1CCSC1. The number of rotatable bonds is 4. The van der Waals surface area contributed by atoms with Crippen LogP contribution in [0.15, 0.2) is 18.2 Å². The molecule has 1 aliphatic rings. The van der Waals surface area contributed by atoms with Crippen LogP contribution in [0.3, 0.4) is 0 Å². The van der Waals surface area contributed by atoms with Crippen LogP contribution in [0.1, 0.15) is 13.3 Å². The highest BCUT2D eigenvalue weighted by Gasteiger charge is 2.27. The number of hydrogen-bond donors (Lipinski definition) is 2. The summed E-state index contributed by atoms with van der Waals surface area (Å²) < 4.78 is 0. The number of thioether (sulfide) groups is 1. The Balaban J connectivity index is 1.99. The molecule has 1 heterocycles. The molecule has 1 aromatic carbocycles. The van der Waals surface area contributed by atoms with Gasteiger partial charge in [-0.3, -0.25) is 9.69 Å². The van der Waals surface area contributed by atoms with E-state index >= 15 is 0 Å². The van der Waals surface area contributed by atoms with Gasteiger partial charge in [-0.25, -0.2) is 0 Å². The Hall–Kier alpha value is -0.910. The fourth-order valence-corrected chi connectivity index (χ4v) is 3.69. The zero-order valence-corrected chi connectivity index (χ0v) is 13.3. The number of nitrogen functional groups attached to an aromatic ring is 1. The van der Waals surface area contributed by atoms with Crippen molar-refractivity contribution in [3.05, 3.63) is 23.2 Å². The molecule has 2 atom stereocenters. The molecule has 1 aromatic rings. The maximum atomic E-state index is 12.3. The van der Waals surface area contributed by atoms with Crippen molar-refractivity contribution < 1.29 is 4.79 Å². The second-order valence-corrected chi connectivity index (χ2v) is 6.67. The van der Waals surface area contributed by atoms with Crippen molar-refractivity contribution in [1.82, 2.24) is 4.90 Å². The monoisotopic (exact) mass is 313 g/mol. The first-order valence-corrected chi connectivity index (χ1v) is 8.18. The Morgan fingerprint density at radius 1 is 1.60 bits per heavy atom. The third-order valence-electron chi connectivity index (χ3n) is 3.74. The van der Waals surface area contributed by atoms with Crippen molar-refractivity contribution in [3.8, 4) is 0 Å². The Bertz CT molecular complexity index is 491. The minimum atomic E-state index is -0.186. The number of carbonyl (C=O) groups is 1. The summed E-state index contributed by atoms with van der Waals surface area (Å²) in [5, 5.41) is 3.43. The van der Waals surface area contributed by atoms with Crippen molar-refractivity contribution in [2.24, 2.45) is 0 Å². The maximum absolute atomic E-state index is 12.3. The summed E-state index contributed by atoms with van der Waals surface area (Å²) in [4.78, 5) is 14.4. The standard InChI is InChI=1S/C14H20ClN3OS/c1-9(18(2)11-5-6-20-8-11)14(19)17-13-4-3-10(15)7-12(13)16/h3-4,7,9,11H,5-6,8,16H2,1-2H3,(H,17,19). The van der Waals surface area contributed by atoms with E-state index in [9.17, 15) is 4.79 Å². The van der Waals surface area contributed by atoms with E-state index in [0.29, 0.717) is 22.4 Å². The highest BCUT2D eigenvalue weighted by Crippen LogP contribution is 2.25. The zero-order chi connectivity index (χ0) is 14.7. The lowest BCUT2D eigenvalue weighted by Gasteiger charge is -2.29. The van der Waals surface area contributed by atoms with Gasteiger partial charge in [0.2, 0.25) is 5.91 Å². The molecular formula is C14H20ClN3OS. The van der Waals surface area contributed by atoms with E-state index in [4.69, 9.17) is 17.3 Å². The number of amides is 1. The van der Waals surface area contributed by atoms with Gasteiger partial charge in [-0.05, 0) is 44.3 Å². The van der Waals surface area contributed by atoms with Crippen molar-refractivity contribution in [2.75, 3.05) is 29.6 Å². The smallest absolute Gasteiger partial charge is 0.241 e. The molecule has 2 unspecified atom stereocenters. The molecule has 0 saturated carbocycles. The summed E-state index contributed by atoms with van der Waals surface area (Å²) in [5.41, 5.74) is 6.95. The summed E-state index contributed by atoms with van der Waals surface area (Å²) in [6, 6.07) is 5.37. The lowest BCUT2D eigenvalue weighted by Crippen LogP contribution is -2.45. The Labute approximate surface area is 129 Å². The van der Waals surface area contributed by atoms with Crippen molar-refractivity contribution in [3.63, 3.8) is 0 Å². The first-order chi connectivity index (χ1) is 9.49. The molecule has 1 fully saturated rings. The third-order valence-corrected chi connectivity index (χ3v) is 5.12. The largest absolute Gasteiger partial charge is 0.397 e. The average Bonchev–Trinajstić information content (AvgIpc) is 2.94. The van der Waals surface area contributed by atoms with Crippen LogP contribution in [-0.4, -0.2) is 41.4 Å².